The predicted molar refractivity (Wildman–Crippen MR) is 92.5 cm³/mol. The largest absolute Gasteiger partial charge is 0.332 e. The van der Waals surface area contributed by atoms with Gasteiger partial charge in [-0.3, -0.25) is 0 Å². The maximum atomic E-state index is 13.8. The zero-order chi connectivity index (χ0) is 16.0. The lowest BCUT2D eigenvalue weighted by Crippen LogP contribution is -2.17. The van der Waals surface area contributed by atoms with Crippen molar-refractivity contribution in [3.8, 4) is 11.1 Å². The first kappa shape index (κ1) is 15.0. The van der Waals surface area contributed by atoms with E-state index in [1.165, 1.54) is 25.3 Å². The van der Waals surface area contributed by atoms with E-state index in [2.05, 4.69) is 15.7 Å². The van der Waals surface area contributed by atoms with Gasteiger partial charge in [-0.1, -0.05) is 35.7 Å². The van der Waals surface area contributed by atoms with Crippen molar-refractivity contribution in [2.75, 3.05) is 0 Å². The Hall–Kier alpha value is -1.58. The summed E-state index contributed by atoms with van der Waals surface area (Å²) in [7, 11) is 0. The first-order chi connectivity index (χ1) is 11.1. The van der Waals surface area contributed by atoms with E-state index in [1.807, 2.05) is 12.1 Å². The highest BCUT2D eigenvalue weighted by molar-refractivity contribution is 6.31. The van der Waals surface area contributed by atoms with Crippen LogP contribution < -0.4 is 0 Å². The molecule has 23 heavy (non-hydrogen) atoms. The summed E-state index contributed by atoms with van der Waals surface area (Å²) in [6.07, 6.45) is 5.86. The molecular weight excluding hydrogens is 334 g/mol. The van der Waals surface area contributed by atoms with E-state index in [-0.39, 0.29) is 5.02 Å². The molecule has 0 amide bonds. The number of hydrogen-bond donors (Lipinski definition) is 0. The van der Waals surface area contributed by atoms with Crippen LogP contribution >= 0.6 is 23.2 Å². The van der Waals surface area contributed by atoms with Gasteiger partial charge in [0.1, 0.15) is 16.6 Å². The van der Waals surface area contributed by atoms with Crippen molar-refractivity contribution in [2.24, 2.45) is 5.92 Å². The van der Waals surface area contributed by atoms with E-state index in [9.17, 15) is 4.39 Å². The van der Waals surface area contributed by atoms with E-state index in [0.717, 1.165) is 28.7 Å². The van der Waals surface area contributed by atoms with Gasteiger partial charge in [0.05, 0.1) is 5.02 Å². The number of fused-ring (bicyclic) bond motifs is 1. The molecule has 0 unspecified atom stereocenters. The number of halogens is 3. The molecule has 1 aromatic carbocycles. The molecule has 2 nitrogen and oxygen atoms in total. The minimum Gasteiger partial charge on any atom is -0.332 e. The van der Waals surface area contributed by atoms with E-state index in [0.29, 0.717) is 11.1 Å². The molecule has 1 aliphatic carbocycles. The van der Waals surface area contributed by atoms with E-state index >= 15 is 0 Å². The number of pyridine rings is 1. The molecule has 4 rings (SSSR count). The van der Waals surface area contributed by atoms with Crippen LogP contribution in [0.25, 0.3) is 22.2 Å². The second-order valence-corrected chi connectivity index (χ2v) is 6.92. The van der Waals surface area contributed by atoms with Crippen LogP contribution in [0.1, 0.15) is 19.3 Å². The smallest absolute Gasteiger partial charge is 0.142 e. The Morgan fingerprint density at radius 3 is 2.70 bits per heavy atom. The summed E-state index contributed by atoms with van der Waals surface area (Å²) in [6.45, 7) is 0.930. The van der Waals surface area contributed by atoms with Crippen molar-refractivity contribution in [1.29, 1.82) is 0 Å². The molecule has 0 saturated heterocycles. The van der Waals surface area contributed by atoms with Gasteiger partial charge in [-0.25, -0.2) is 9.37 Å². The second-order valence-electron chi connectivity index (χ2n) is 6.13. The standard InChI is InChI=1S/C18H15Cl2FN2/c19-15-6-4-12(8-16(15)21)14-10-23(9-11-2-1-3-11)18-13(14)5-7-17(20)22-18/h4-8,10-11H,1-3,9H2. The summed E-state index contributed by atoms with van der Waals surface area (Å²) in [5.41, 5.74) is 2.61. The zero-order valence-corrected chi connectivity index (χ0v) is 13.9. The molecular formula is C18H15Cl2FN2. The molecule has 0 spiro atoms. The van der Waals surface area contributed by atoms with Crippen molar-refractivity contribution in [2.45, 2.75) is 25.8 Å². The van der Waals surface area contributed by atoms with Crippen LogP contribution in [0.3, 0.4) is 0 Å². The zero-order valence-electron chi connectivity index (χ0n) is 12.4. The summed E-state index contributed by atoms with van der Waals surface area (Å²) >= 11 is 11.9. The topological polar surface area (TPSA) is 17.8 Å². The quantitative estimate of drug-likeness (QED) is 0.534. The molecule has 0 bridgehead atoms. The minimum absolute atomic E-state index is 0.133. The van der Waals surface area contributed by atoms with Gasteiger partial charge >= 0.3 is 0 Å². The first-order valence-electron chi connectivity index (χ1n) is 7.72. The lowest BCUT2D eigenvalue weighted by Gasteiger charge is -2.25. The number of nitrogens with zero attached hydrogens (tertiary/aromatic N) is 2. The molecule has 1 saturated carbocycles. The van der Waals surface area contributed by atoms with Crippen LogP contribution in [0.15, 0.2) is 36.5 Å². The molecule has 2 aromatic heterocycles. The summed E-state index contributed by atoms with van der Waals surface area (Å²) < 4.78 is 16.0. The minimum atomic E-state index is -0.411. The molecule has 0 radical (unpaired) electrons. The molecule has 3 aromatic rings. The third-order valence-corrected chi connectivity index (χ3v) is 5.12. The van der Waals surface area contributed by atoms with Gasteiger partial charge < -0.3 is 4.57 Å². The highest BCUT2D eigenvalue weighted by atomic mass is 35.5. The normalized spacial score (nSPS) is 15.1. The highest BCUT2D eigenvalue weighted by Gasteiger charge is 2.20. The first-order valence-corrected chi connectivity index (χ1v) is 8.48. The molecule has 5 heteroatoms. The highest BCUT2D eigenvalue weighted by Crippen LogP contribution is 2.35. The monoisotopic (exact) mass is 348 g/mol. The fourth-order valence-electron chi connectivity index (χ4n) is 3.13. The van der Waals surface area contributed by atoms with E-state index < -0.39 is 5.82 Å². The number of rotatable bonds is 3. The van der Waals surface area contributed by atoms with Crippen molar-refractivity contribution in [3.05, 3.63) is 52.5 Å². The van der Waals surface area contributed by atoms with Crippen LogP contribution in [0.2, 0.25) is 10.2 Å². The number of benzene rings is 1. The Balaban J connectivity index is 1.86. The molecule has 0 atom stereocenters. The van der Waals surface area contributed by atoms with Crippen LogP contribution in [0.5, 0.6) is 0 Å². The molecule has 118 valence electrons. The van der Waals surface area contributed by atoms with Crippen molar-refractivity contribution >= 4 is 34.2 Å². The van der Waals surface area contributed by atoms with Crippen molar-refractivity contribution < 1.29 is 4.39 Å². The average Bonchev–Trinajstić information content (AvgIpc) is 2.84. The maximum absolute atomic E-state index is 13.8. The van der Waals surface area contributed by atoms with Gasteiger partial charge in [-0.05, 0) is 48.6 Å². The Morgan fingerprint density at radius 1 is 1.17 bits per heavy atom. The van der Waals surface area contributed by atoms with Crippen molar-refractivity contribution in [1.82, 2.24) is 9.55 Å². The second kappa shape index (κ2) is 5.81. The Morgan fingerprint density at radius 2 is 2.00 bits per heavy atom. The molecule has 1 fully saturated rings. The lowest BCUT2D eigenvalue weighted by molar-refractivity contribution is 0.279. The molecule has 2 heterocycles. The van der Waals surface area contributed by atoms with Crippen molar-refractivity contribution in [3.63, 3.8) is 0 Å². The predicted octanol–water partition coefficient (Wildman–Crippen LogP) is 5.95. The van der Waals surface area contributed by atoms with Gasteiger partial charge in [-0.2, -0.15) is 0 Å². The van der Waals surface area contributed by atoms with E-state index in [4.69, 9.17) is 23.2 Å². The van der Waals surface area contributed by atoms with Gasteiger partial charge in [0, 0.05) is 23.7 Å². The Bertz CT molecular complexity index is 884. The lowest BCUT2D eigenvalue weighted by atomic mass is 9.85. The fraction of sp³-hybridized carbons (Fsp3) is 0.278. The van der Waals surface area contributed by atoms with E-state index in [1.54, 1.807) is 12.1 Å². The Labute approximate surface area is 143 Å². The number of aromatic nitrogens is 2. The Kier molecular flexibility index (Phi) is 3.78. The SMILES string of the molecule is Fc1cc(-c2cn(CC3CCC3)c3nc(Cl)ccc23)ccc1Cl. The average molecular weight is 349 g/mol. The van der Waals surface area contributed by atoms with Crippen LogP contribution in [-0.2, 0) is 6.54 Å². The summed E-state index contributed by atoms with van der Waals surface area (Å²) in [5, 5.41) is 1.59. The van der Waals surface area contributed by atoms with Crippen LogP contribution in [-0.4, -0.2) is 9.55 Å². The van der Waals surface area contributed by atoms with Crippen LogP contribution in [0, 0.1) is 11.7 Å². The molecule has 1 aliphatic rings. The molecule has 0 N–H and O–H groups in total. The summed E-state index contributed by atoms with van der Waals surface area (Å²) in [5.74, 6) is 0.284. The van der Waals surface area contributed by atoms with Gasteiger partial charge in [0.2, 0.25) is 0 Å². The third kappa shape index (κ3) is 2.73. The van der Waals surface area contributed by atoms with Gasteiger partial charge in [0.25, 0.3) is 0 Å². The van der Waals surface area contributed by atoms with Crippen LogP contribution in [0.4, 0.5) is 4.39 Å². The summed E-state index contributed by atoms with van der Waals surface area (Å²) in [4.78, 5) is 4.48. The fourth-order valence-corrected chi connectivity index (χ4v) is 3.39. The van der Waals surface area contributed by atoms with Gasteiger partial charge in [-0.15, -0.1) is 0 Å². The van der Waals surface area contributed by atoms with Gasteiger partial charge in [0.15, 0.2) is 0 Å². The maximum Gasteiger partial charge on any atom is 0.142 e. The molecule has 0 aliphatic heterocycles. The summed E-state index contributed by atoms with van der Waals surface area (Å²) in [6, 6.07) is 8.61. The number of hydrogen-bond acceptors (Lipinski definition) is 1. The third-order valence-electron chi connectivity index (χ3n) is 4.60.